The predicted octanol–water partition coefficient (Wildman–Crippen LogP) is 6.46. The summed E-state index contributed by atoms with van der Waals surface area (Å²) >= 11 is 12.0. The average Bonchev–Trinajstić information content (AvgIpc) is 3.13. The maximum atomic E-state index is 12.7. The Kier molecular flexibility index (Phi) is 6.49. The van der Waals surface area contributed by atoms with Crippen molar-refractivity contribution in [1.82, 2.24) is 9.78 Å². The van der Waals surface area contributed by atoms with Gasteiger partial charge in [0.05, 0.1) is 12.1 Å². The van der Waals surface area contributed by atoms with E-state index in [1.165, 1.54) is 12.1 Å². The maximum Gasteiger partial charge on any atom is 0.437 e. The van der Waals surface area contributed by atoms with E-state index in [-0.39, 0.29) is 19.0 Å². The second-order valence-electron chi connectivity index (χ2n) is 7.07. The third-order valence-corrected chi connectivity index (χ3v) is 5.32. The van der Waals surface area contributed by atoms with E-state index in [0.29, 0.717) is 26.9 Å². The van der Waals surface area contributed by atoms with Crippen molar-refractivity contribution < 1.29 is 22.3 Å². The zero-order valence-electron chi connectivity index (χ0n) is 16.8. The van der Waals surface area contributed by atoms with Crippen LogP contribution in [0.2, 0.25) is 10.0 Å². The van der Waals surface area contributed by atoms with Gasteiger partial charge < -0.3 is 9.15 Å². The lowest BCUT2D eigenvalue weighted by Crippen LogP contribution is -2.16. The van der Waals surface area contributed by atoms with Crippen LogP contribution in [0.4, 0.5) is 13.2 Å². The molecule has 0 unspecified atom stereocenters. The Labute approximate surface area is 195 Å². The molecule has 0 fully saturated rings. The highest BCUT2D eigenvalue weighted by Crippen LogP contribution is 2.29. The first kappa shape index (κ1) is 22.9. The summed E-state index contributed by atoms with van der Waals surface area (Å²) in [5.74, 6) is -0.0712. The molecule has 0 aliphatic carbocycles. The molecule has 10 heteroatoms. The SMILES string of the molecule is O=c1oc(-c2ccc(OCc3ccc(Cl)cc3Cl)cc2)nn1Cc1ccc(C(F)(F)F)cc1. The zero-order valence-corrected chi connectivity index (χ0v) is 18.3. The van der Waals surface area contributed by atoms with Crippen LogP contribution < -0.4 is 10.5 Å². The second kappa shape index (κ2) is 9.33. The van der Waals surface area contributed by atoms with Crippen molar-refractivity contribution in [3.63, 3.8) is 0 Å². The summed E-state index contributed by atoms with van der Waals surface area (Å²) in [5, 5.41) is 5.17. The quantitative estimate of drug-likeness (QED) is 0.308. The monoisotopic (exact) mass is 494 g/mol. The van der Waals surface area contributed by atoms with E-state index in [0.717, 1.165) is 22.4 Å². The van der Waals surface area contributed by atoms with Crippen LogP contribution in [-0.2, 0) is 19.3 Å². The lowest BCUT2D eigenvalue weighted by atomic mass is 10.1. The van der Waals surface area contributed by atoms with E-state index >= 15 is 0 Å². The fourth-order valence-electron chi connectivity index (χ4n) is 2.99. The van der Waals surface area contributed by atoms with Crippen molar-refractivity contribution in [2.24, 2.45) is 0 Å². The Hall–Kier alpha value is -3.23. The van der Waals surface area contributed by atoms with Crippen molar-refractivity contribution >= 4 is 23.2 Å². The summed E-state index contributed by atoms with van der Waals surface area (Å²) in [6, 6.07) is 16.4. The summed E-state index contributed by atoms with van der Waals surface area (Å²) in [6.45, 7) is 0.218. The number of alkyl halides is 3. The van der Waals surface area contributed by atoms with E-state index in [2.05, 4.69) is 5.10 Å². The molecule has 0 bridgehead atoms. The van der Waals surface area contributed by atoms with E-state index in [1.54, 1.807) is 42.5 Å². The topological polar surface area (TPSA) is 57.3 Å². The Morgan fingerprint density at radius 1 is 0.970 bits per heavy atom. The van der Waals surface area contributed by atoms with Gasteiger partial charge in [-0.15, -0.1) is 5.10 Å². The normalized spacial score (nSPS) is 11.5. The molecule has 0 aliphatic heterocycles. The minimum Gasteiger partial charge on any atom is -0.489 e. The Balaban J connectivity index is 1.43. The number of nitrogens with zero attached hydrogens (tertiary/aromatic N) is 2. The lowest BCUT2D eigenvalue weighted by Gasteiger charge is -2.08. The zero-order chi connectivity index (χ0) is 23.6. The smallest absolute Gasteiger partial charge is 0.437 e. The van der Waals surface area contributed by atoms with Crippen LogP contribution >= 0.6 is 23.2 Å². The first-order chi connectivity index (χ1) is 15.7. The fourth-order valence-corrected chi connectivity index (χ4v) is 3.45. The summed E-state index contributed by atoms with van der Waals surface area (Å²) in [4.78, 5) is 12.1. The molecule has 0 saturated carbocycles. The first-order valence-corrected chi connectivity index (χ1v) is 10.4. The van der Waals surface area contributed by atoms with Crippen molar-refractivity contribution in [2.75, 3.05) is 0 Å². The van der Waals surface area contributed by atoms with Gasteiger partial charge in [-0.2, -0.15) is 17.9 Å². The molecule has 1 heterocycles. The van der Waals surface area contributed by atoms with Gasteiger partial charge in [0.15, 0.2) is 0 Å². The van der Waals surface area contributed by atoms with Gasteiger partial charge in [-0.25, -0.2) is 4.79 Å². The minimum absolute atomic E-state index is 0.0243. The van der Waals surface area contributed by atoms with Crippen LogP contribution in [0, 0.1) is 0 Å². The van der Waals surface area contributed by atoms with Gasteiger partial charge in [-0.05, 0) is 54.1 Å². The van der Waals surface area contributed by atoms with Gasteiger partial charge >= 0.3 is 11.9 Å². The van der Waals surface area contributed by atoms with E-state index < -0.39 is 17.5 Å². The molecule has 170 valence electrons. The number of hydrogen-bond acceptors (Lipinski definition) is 4. The molecule has 1 aromatic heterocycles. The molecule has 33 heavy (non-hydrogen) atoms. The molecule has 5 nitrogen and oxygen atoms in total. The highest BCUT2D eigenvalue weighted by molar-refractivity contribution is 6.35. The molecule has 0 radical (unpaired) electrons. The van der Waals surface area contributed by atoms with Crippen molar-refractivity contribution in [1.29, 1.82) is 0 Å². The highest BCUT2D eigenvalue weighted by atomic mass is 35.5. The summed E-state index contributed by atoms with van der Waals surface area (Å²) in [5.41, 5.74) is 1.03. The summed E-state index contributed by atoms with van der Waals surface area (Å²) < 4.78 is 50.0. The maximum absolute atomic E-state index is 12.7. The highest BCUT2D eigenvalue weighted by Gasteiger charge is 2.30. The standard InChI is InChI=1S/C23H15Cl2F3N2O3/c24-18-8-3-16(20(25)11-18)13-32-19-9-4-15(5-10-19)21-29-30(22(31)33-21)12-14-1-6-17(7-2-14)23(26,27)28/h1-11H,12-13H2. The van der Waals surface area contributed by atoms with Gasteiger partial charge in [0, 0.05) is 21.2 Å². The number of hydrogen-bond donors (Lipinski definition) is 0. The Morgan fingerprint density at radius 3 is 2.30 bits per heavy atom. The van der Waals surface area contributed by atoms with Crippen molar-refractivity contribution in [2.45, 2.75) is 19.3 Å². The number of benzene rings is 3. The van der Waals surface area contributed by atoms with Crippen LogP contribution in [0.15, 0.2) is 75.9 Å². The first-order valence-electron chi connectivity index (χ1n) is 9.60. The molecule has 0 aliphatic rings. The van der Waals surface area contributed by atoms with Crippen LogP contribution in [0.1, 0.15) is 16.7 Å². The minimum atomic E-state index is -4.42. The third kappa shape index (κ3) is 5.58. The number of rotatable bonds is 6. The molecule has 0 atom stereocenters. The lowest BCUT2D eigenvalue weighted by molar-refractivity contribution is -0.137. The molecule has 0 amide bonds. The van der Waals surface area contributed by atoms with Crippen LogP contribution in [0.3, 0.4) is 0 Å². The molecule has 3 aromatic carbocycles. The van der Waals surface area contributed by atoms with Crippen molar-refractivity contribution in [3.8, 4) is 17.2 Å². The van der Waals surface area contributed by atoms with Gasteiger partial charge in [0.2, 0.25) is 5.89 Å². The third-order valence-electron chi connectivity index (χ3n) is 4.73. The van der Waals surface area contributed by atoms with E-state index in [4.69, 9.17) is 32.4 Å². The van der Waals surface area contributed by atoms with Crippen LogP contribution in [0.25, 0.3) is 11.5 Å². The molecular formula is C23H15Cl2F3N2O3. The van der Waals surface area contributed by atoms with Crippen molar-refractivity contribution in [3.05, 3.63) is 104 Å². The largest absolute Gasteiger partial charge is 0.489 e. The average molecular weight is 495 g/mol. The van der Waals surface area contributed by atoms with Gasteiger partial charge in [0.1, 0.15) is 12.4 Å². The number of aromatic nitrogens is 2. The van der Waals surface area contributed by atoms with Gasteiger partial charge in [-0.1, -0.05) is 41.4 Å². The molecule has 4 rings (SSSR count). The predicted molar refractivity (Wildman–Crippen MR) is 118 cm³/mol. The number of ether oxygens (including phenoxy) is 1. The van der Waals surface area contributed by atoms with E-state index in [9.17, 15) is 18.0 Å². The Bertz CT molecular complexity index is 1310. The molecule has 0 spiro atoms. The molecule has 0 N–H and O–H groups in total. The molecule has 0 saturated heterocycles. The summed E-state index contributed by atoms with van der Waals surface area (Å²) in [6.07, 6.45) is -4.42. The second-order valence-corrected chi connectivity index (χ2v) is 7.92. The van der Waals surface area contributed by atoms with E-state index in [1.807, 2.05) is 0 Å². The molecule has 4 aromatic rings. The van der Waals surface area contributed by atoms with Gasteiger partial charge in [-0.3, -0.25) is 0 Å². The Morgan fingerprint density at radius 2 is 1.67 bits per heavy atom. The van der Waals surface area contributed by atoms with Gasteiger partial charge in [0.25, 0.3) is 0 Å². The molecular weight excluding hydrogens is 480 g/mol. The number of halogens is 5. The van der Waals surface area contributed by atoms with Crippen LogP contribution in [0.5, 0.6) is 5.75 Å². The van der Waals surface area contributed by atoms with Crippen LogP contribution in [-0.4, -0.2) is 9.78 Å². The summed E-state index contributed by atoms with van der Waals surface area (Å²) in [7, 11) is 0. The fraction of sp³-hybridized carbons (Fsp3) is 0.130.